The van der Waals surface area contributed by atoms with Crippen LogP contribution in [0.3, 0.4) is 0 Å². The van der Waals surface area contributed by atoms with E-state index in [9.17, 15) is 0 Å². The maximum atomic E-state index is 5.71. The molecular formula is C8H18N2. The van der Waals surface area contributed by atoms with E-state index in [1.54, 1.807) is 0 Å². The molecule has 1 fully saturated rings. The normalized spacial score (nSPS) is 24.9. The average molecular weight is 142 g/mol. The van der Waals surface area contributed by atoms with Gasteiger partial charge in [0.2, 0.25) is 0 Å². The lowest BCUT2D eigenvalue weighted by Gasteiger charge is -2.35. The molecule has 2 heteroatoms. The lowest BCUT2D eigenvalue weighted by Crippen LogP contribution is -2.49. The maximum Gasteiger partial charge on any atom is 0.0325 e. The largest absolute Gasteiger partial charge is 0.329 e. The standard InChI is InChI=1S/C8H18N2/c1-8(6-9,10(2)3)7-4-5-7/h7H,4-6,9H2,1-3H3. The first kappa shape index (κ1) is 8.02. The van der Waals surface area contributed by atoms with E-state index in [0.717, 1.165) is 12.5 Å². The van der Waals surface area contributed by atoms with Crippen molar-refractivity contribution in [3.8, 4) is 0 Å². The summed E-state index contributed by atoms with van der Waals surface area (Å²) < 4.78 is 0. The third-order valence-electron chi connectivity index (χ3n) is 2.89. The fourth-order valence-electron chi connectivity index (χ4n) is 1.42. The van der Waals surface area contributed by atoms with Gasteiger partial charge in [-0.05, 0) is 39.8 Å². The monoisotopic (exact) mass is 142 g/mol. The predicted molar refractivity (Wildman–Crippen MR) is 43.9 cm³/mol. The highest BCUT2D eigenvalue weighted by Crippen LogP contribution is 2.41. The van der Waals surface area contributed by atoms with E-state index in [-0.39, 0.29) is 5.54 Å². The van der Waals surface area contributed by atoms with Crippen LogP contribution >= 0.6 is 0 Å². The zero-order valence-corrected chi connectivity index (χ0v) is 7.22. The second kappa shape index (κ2) is 2.51. The molecule has 0 aromatic heterocycles. The van der Waals surface area contributed by atoms with Gasteiger partial charge in [0, 0.05) is 12.1 Å². The fourth-order valence-corrected chi connectivity index (χ4v) is 1.42. The topological polar surface area (TPSA) is 29.3 Å². The van der Waals surface area contributed by atoms with Crippen molar-refractivity contribution in [2.75, 3.05) is 20.6 Å². The first-order valence-corrected chi connectivity index (χ1v) is 3.99. The molecule has 1 aliphatic carbocycles. The number of likely N-dealkylation sites (N-methyl/N-ethyl adjacent to an activating group) is 1. The molecule has 0 aromatic rings. The average Bonchev–Trinajstić information content (AvgIpc) is 2.67. The molecule has 0 heterocycles. The number of rotatable bonds is 3. The quantitative estimate of drug-likeness (QED) is 0.627. The fraction of sp³-hybridized carbons (Fsp3) is 1.00. The van der Waals surface area contributed by atoms with Crippen LogP contribution in [0.1, 0.15) is 19.8 Å². The molecule has 1 atom stereocenters. The molecule has 0 bridgehead atoms. The van der Waals surface area contributed by atoms with Crippen LogP contribution in [0.15, 0.2) is 0 Å². The van der Waals surface area contributed by atoms with E-state index in [2.05, 4.69) is 25.9 Å². The third-order valence-corrected chi connectivity index (χ3v) is 2.89. The maximum absolute atomic E-state index is 5.71. The van der Waals surface area contributed by atoms with Gasteiger partial charge in [-0.3, -0.25) is 0 Å². The van der Waals surface area contributed by atoms with Gasteiger partial charge in [0.05, 0.1) is 0 Å². The Balaban J connectivity index is 2.56. The van der Waals surface area contributed by atoms with Crippen LogP contribution in [0.5, 0.6) is 0 Å². The smallest absolute Gasteiger partial charge is 0.0325 e. The van der Waals surface area contributed by atoms with Crippen molar-refractivity contribution >= 4 is 0 Å². The second-order valence-electron chi connectivity index (χ2n) is 3.73. The summed E-state index contributed by atoms with van der Waals surface area (Å²) >= 11 is 0. The number of hydrogen-bond acceptors (Lipinski definition) is 2. The highest BCUT2D eigenvalue weighted by molar-refractivity contribution is 4.98. The molecule has 0 aromatic carbocycles. The molecule has 1 rings (SSSR count). The molecule has 0 radical (unpaired) electrons. The molecule has 0 amide bonds. The molecule has 1 unspecified atom stereocenters. The Kier molecular flexibility index (Phi) is 2.02. The van der Waals surface area contributed by atoms with E-state index in [4.69, 9.17) is 5.73 Å². The Bertz CT molecular complexity index is 114. The zero-order valence-electron chi connectivity index (χ0n) is 7.22. The van der Waals surface area contributed by atoms with E-state index >= 15 is 0 Å². The number of nitrogens with two attached hydrogens (primary N) is 1. The van der Waals surface area contributed by atoms with Gasteiger partial charge in [0.1, 0.15) is 0 Å². The van der Waals surface area contributed by atoms with Gasteiger partial charge in [-0.2, -0.15) is 0 Å². The highest BCUT2D eigenvalue weighted by atomic mass is 15.2. The van der Waals surface area contributed by atoms with Gasteiger partial charge >= 0.3 is 0 Å². The summed E-state index contributed by atoms with van der Waals surface area (Å²) in [5.41, 5.74) is 5.97. The van der Waals surface area contributed by atoms with E-state index < -0.39 is 0 Å². The molecule has 1 saturated carbocycles. The van der Waals surface area contributed by atoms with Crippen molar-refractivity contribution in [1.29, 1.82) is 0 Å². The van der Waals surface area contributed by atoms with Gasteiger partial charge in [-0.1, -0.05) is 0 Å². The Hall–Kier alpha value is -0.0800. The summed E-state index contributed by atoms with van der Waals surface area (Å²) in [4.78, 5) is 2.25. The molecule has 60 valence electrons. The lowest BCUT2D eigenvalue weighted by molar-refractivity contribution is 0.153. The molecule has 2 N–H and O–H groups in total. The molecule has 0 spiro atoms. The van der Waals surface area contributed by atoms with Crippen molar-refractivity contribution in [1.82, 2.24) is 4.90 Å². The van der Waals surface area contributed by atoms with Crippen LogP contribution in [-0.2, 0) is 0 Å². The summed E-state index contributed by atoms with van der Waals surface area (Å²) in [6, 6.07) is 0. The van der Waals surface area contributed by atoms with Crippen LogP contribution in [0, 0.1) is 5.92 Å². The second-order valence-corrected chi connectivity index (χ2v) is 3.73. The van der Waals surface area contributed by atoms with Crippen LogP contribution in [-0.4, -0.2) is 31.1 Å². The van der Waals surface area contributed by atoms with Crippen LogP contribution in [0.2, 0.25) is 0 Å². The van der Waals surface area contributed by atoms with Crippen molar-refractivity contribution in [3.05, 3.63) is 0 Å². The minimum atomic E-state index is 0.264. The van der Waals surface area contributed by atoms with Gasteiger partial charge in [-0.15, -0.1) is 0 Å². The van der Waals surface area contributed by atoms with Gasteiger partial charge in [0.15, 0.2) is 0 Å². The summed E-state index contributed by atoms with van der Waals surface area (Å²) in [5, 5.41) is 0. The van der Waals surface area contributed by atoms with E-state index in [1.165, 1.54) is 12.8 Å². The first-order chi connectivity index (χ1) is 4.61. The lowest BCUT2D eigenvalue weighted by atomic mass is 9.95. The minimum Gasteiger partial charge on any atom is -0.329 e. The van der Waals surface area contributed by atoms with Crippen molar-refractivity contribution in [3.63, 3.8) is 0 Å². The molecule has 10 heavy (non-hydrogen) atoms. The van der Waals surface area contributed by atoms with Gasteiger partial charge in [-0.25, -0.2) is 0 Å². The Labute approximate surface area is 63.4 Å². The SMILES string of the molecule is CN(C)C(C)(CN)C1CC1. The highest BCUT2D eigenvalue weighted by Gasteiger charge is 2.41. The Morgan fingerprint density at radius 2 is 2.00 bits per heavy atom. The van der Waals surface area contributed by atoms with Crippen LogP contribution in [0.4, 0.5) is 0 Å². The minimum absolute atomic E-state index is 0.264. The Morgan fingerprint density at radius 1 is 1.50 bits per heavy atom. The van der Waals surface area contributed by atoms with Crippen molar-refractivity contribution in [2.24, 2.45) is 11.7 Å². The third kappa shape index (κ3) is 1.18. The summed E-state index contributed by atoms with van der Waals surface area (Å²) in [5.74, 6) is 0.854. The molecular weight excluding hydrogens is 124 g/mol. The number of hydrogen-bond donors (Lipinski definition) is 1. The number of nitrogens with zero attached hydrogens (tertiary/aromatic N) is 1. The first-order valence-electron chi connectivity index (χ1n) is 3.99. The van der Waals surface area contributed by atoms with Crippen molar-refractivity contribution < 1.29 is 0 Å². The van der Waals surface area contributed by atoms with Crippen LogP contribution < -0.4 is 5.73 Å². The van der Waals surface area contributed by atoms with Crippen molar-refractivity contribution in [2.45, 2.75) is 25.3 Å². The Morgan fingerprint density at radius 3 is 2.10 bits per heavy atom. The van der Waals surface area contributed by atoms with E-state index in [1.807, 2.05) is 0 Å². The molecule has 1 aliphatic rings. The van der Waals surface area contributed by atoms with Gasteiger partial charge < -0.3 is 10.6 Å². The van der Waals surface area contributed by atoms with E-state index in [0.29, 0.717) is 0 Å². The molecule has 2 nitrogen and oxygen atoms in total. The van der Waals surface area contributed by atoms with Crippen LogP contribution in [0.25, 0.3) is 0 Å². The molecule has 0 aliphatic heterocycles. The molecule has 0 saturated heterocycles. The summed E-state index contributed by atoms with van der Waals surface area (Å²) in [7, 11) is 4.23. The zero-order chi connectivity index (χ0) is 7.78. The van der Waals surface area contributed by atoms with Gasteiger partial charge in [0.25, 0.3) is 0 Å². The summed E-state index contributed by atoms with van der Waals surface area (Å²) in [6.07, 6.45) is 2.73. The summed E-state index contributed by atoms with van der Waals surface area (Å²) in [6.45, 7) is 3.04. The predicted octanol–water partition coefficient (Wildman–Crippen LogP) is 0.675.